The van der Waals surface area contributed by atoms with E-state index in [1.165, 1.54) is 20.8 Å². The monoisotopic (exact) mass is 763 g/mol. The number of phenols is 1. The number of aromatic hydroxyl groups is 1. The Labute approximate surface area is 327 Å². The Morgan fingerprint density at radius 1 is 0.873 bits per heavy atom. The van der Waals surface area contributed by atoms with Gasteiger partial charge in [0, 0.05) is 18.9 Å². The van der Waals surface area contributed by atoms with Crippen LogP contribution in [0.15, 0.2) is 102 Å². The number of nitrogens with zero attached hydrogens (tertiary/aromatic N) is 1. The fraction of sp³-hybridized carbons (Fsp3) is 0.457. The average Bonchev–Trinajstić information content (AvgIpc) is 3.69. The van der Waals surface area contributed by atoms with Crippen LogP contribution >= 0.6 is 0 Å². The number of unbranched alkanes of at least 4 members (excludes halogenated alkanes) is 2. The van der Waals surface area contributed by atoms with Gasteiger partial charge in [-0.25, -0.2) is 0 Å². The minimum Gasteiger partial charge on any atom is -0.508 e. The first-order valence-electron chi connectivity index (χ1n) is 20.1. The maximum atomic E-state index is 14.2. The molecule has 2 fully saturated rings. The van der Waals surface area contributed by atoms with Crippen molar-refractivity contribution < 1.29 is 33.8 Å². The molecule has 2 saturated heterocycles. The molecule has 0 bridgehead atoms. The topological polar surface area (TPSA) is 113 Å². The summed E-state index contributed by atoms with van der Waals surface area (Å²) in [5, 5.41) is 21.0. The van der Waals surface area contributed by atoms with Gasteiger partial charge in [0.2, 0.25) is 11.8 Å². The minimum absolute atomic E-state index is 0.0833. The predicted octanol–water partition coefficient (Wildman–Crippen LogP) is 7.89. The summed E-state index contributed by atoms with van der Waals surface area (Å²) in [6.45, 7) is 10.0. The van der Waals surface area contributed by atoms with E-state index in [2.05, 4.69) is 82.3 Å². The number of carboxylic acid groups (broad SMARTS) is 1. The first-order valence-corrected chi connectivity index (χ1v) is 22.0. The number of benzene rings is 3. The van der Waals surface area contributed by atoms with Crippen LogP contribution in [0, 0.1) is 17.8 Å². The van der Waals surface area contributed by atoms with E-state index >= 15 is 0 Å². The molecule has 6 rings (SSSR count). The fourth-order valence-electron chi connectivity index (χ4n) is 9.28. The number of hydrogen-bond acceptors (Lipinski definition) is 6. The Bertz CT molecular complexity index is 1830. The van der Waals surface area contributed by atoms with Crippen molar-refractivity contribution in [2.24, 2.45) is 17.8 Å². The highest BCUT2D eigenvalue weighted by molar-refractivity contribution is 6.99. The number of allylic oxidation sites excluding steroid dienone is 1. The normalized spacial score (nSPS) is 21.6. The molecule has 1 aliphatic carbocycles. The smallest absolute Gasteiger partial charge is 0.303 e. The molecule has 3 aromatic carbocycles. The lowest BCUT2D eigenvalue weighted by atomic mass is 9.69. The van der Waals surface area contributed by atoms with E-state index in [-0.39, 0.29) is 41.0 Å². The molecule has 0 radical (unpaired) electrons. The first-order chi connectivity index (χ1) is 26.4. The minimum atomic E-state index is -2.91. The third kappa shape index (κ3) is 8.74. The average molecular weight is 764 g/mol. The summed E-state index contributed by atoms with van der Waals surface area (Å²) in [6, 6.07) is 28.4. The van der Waals surface area contributed by atoms with Crippen LogP contribution in [0.4, 0.5) is 0 Å². The molecule has 55 heavy (non-hydrogen) atoms. The zero-order valence-corrected chi connectivity index (χ0v) is 33.8. The highest BCUT2D eigenvalue weighted by atomic mass is 28.4. The molecule has 9 heteroatoms. The number of rotatable bonds is 17. The van der Waals surface area contributed by atoms with Crippen molar-refractivity contribution in [1.29, 1.82) is 0 Å². The molecule has 8 nitrogen and oxygen atoms in total. The molecule has 0 saturated carbocycles. The molecule has 0 spiro atoms. The summed E-state index contributed by atoms with van der Waals surface area (Å²) in [7, 11) is -2.91. The number of fused-ring (bicyclic) bond motifs is 3. The second-order valence-corrected chi connectivity index (χ2v) is 20.8. The van der Waals surface area contributed by atoms with Gasteiger partial charge in [0.1, 0.15) is 5.75 Å². The SMILES string of the molecule is CCC/C(=C\c1ccc(O)cc1)CC[C@H]1OC[C@H]2C1=C(CO[Si](c1ccccc1)(c1ccccc1)C(C)(C)C)C[C@H]1C(=O)N(CCCCCC(=O)O)C(=O)[C@H]12. The Morgan fingerprint density at radius 2 is 1.53 bits per heavy atom. The molecule has 2 heterocycles. The summed E-state index contributed by atoms with van der Waals surface area (Å²) in [5.74, 6) is -1.97. The van der Waals surface area contributed by atoms with E-state index in [1.807, 2.05) is 24.3 Å². The standard InChI is InChI=1S/C46H57NO7Si/c1-5-15-32(28-33-21-24-35(48)25-22-33)23-26-40-42-34(30-54-55(46(2,3)4,36-16-9-6-10-17-36)37-18-11-7-12-19-37)29-38-43(39(42)31-53-40)45(52)47(44(38)51)27-14-8-13-20-41(49)50/h6-7,9-12,16-19,21-22,24-25,28,38-40,43,48H,5,8,13-15,20,23,26-27,29-31H2,1-4H3,(H,49,50)/b32-28+/t38-,39+,40-,43-/m1/s1. The van der Waals surface area contributed by atoms with Gasteiger partial charge in [-0.15, -0.1) is 0 Å². The van der Waals surface area contributed by atoms with Crippen molar-refractivity contribution in [3.63, 3.8) is 0 Å². The second-order valence-electron chi connectivity index (χ2n) is 16.5. The Kier molecular flexibility index (Phi) is 13.0. The molecule has 2 amide bonds. The lowest BCUT2D eigenvalue weighted by molar-refractivity contribution is -0.141. The van der Waals surface area contributed by atoms with Crippen molar-refractivity contribution in [3.8, 4) is 5.75 Å². The van der Waals surface area contributed by atoms with E-state index < -0.39 is 26.1 Å². The fourth-order valence-corrected chi connectivity index (χ4v) is 13.8. The number of aliphatic carboxylic acids is 1. The number of amides is 2. The highest BCUT2D eigenvalue weighted by Crippen LogP contribution is 2.50. The van der Waals surface area contributed by atoms with Gasteiger partial charge in [-0.2, -0.15) is 0 Å². The largest absolute Gasteiger partial charge is 0.508 e. The maximum absolute atomic E-state index is 14.2. The predicted molar refractivity (Wildman–Crippen MR) is 218 cm³/mol. The Balaban J connectivity index is 1.34. The Morgan fingerprint density at radius 3 is 2.13 bits per heavy atom. The quantitative estimate of drug-likeness (QED) is 0.0623. The van der Waals surface area contributed by atoms with Crippen molar-refractivity contribution >= 4 is 42.6 Å². The van der Waals surface area contributed by atoms with Gasteiger partial charge in [-0.3, -0.25) is 19.3 Å². The van der Waals surface area contributed by atoms with Gasteiger partial charge in [0.05, 0.1) is 31.2 Å². The van der Waals surface area contributed by atoms with Gasteiger partial charge < -0.3 is 19.4 Å². The molecule has 0 aromatic heterocycles. The Hall–Kier alpha value is -4.31. The van der Waals surface area contributed by atoms with Gasteiger partial charge in [0.25, 0.3) is 8.32 Å². The highest BCUT2D eigenvalue weighted by Gasteiger charge is 2.57. The summed E-state index contributed by atoms with van der Waals surface area (Å²) >= 11 is 0. The molecule has 0 unspecified atom stereocenters. The van der Waals surface area contributed by atoms with Crippen LogP contribution in [0.5, 0.6) is 5.75 Å². The van der Waals surface area contributed by atoms with Crippen LogP contribution < -0.4 is 10.4 Å². The lowest BCUT2D eigenvalue weighted by Gasteiger charge is -2.44. The van der Waals surface area contributed by atoms with Crippen molar-refractivity contribution in [2.75, 3.05) is 19.8 Å². The molecule has 3 aromatic rings. The summed E-state index contributed by atoms with van der Waals surface area (Å²) in [4.78, 5) is 40.8. The molecule has 2 aliphatic heterocycles. The van der Waals surface area contributed by atoms with E-state index in [1.54, 1.807) is 12.1 Å². The third-order valence-electron chi connectivity index (χ3n) is 11.8. The van der Waals surface area contributed by atoms with Crippen LogP contribution in [-0.2, 0) is 23.5 Å². The second kappa shape index (κ2) is 17.7. The number of carbonyl (C=O) groups excluding carboxylic acids is 2. The zero-order chi connectivity index (χ0) is 39.2. The van der Waals surface area contributed by atoms with Crippen LogP contribution in [0.1, 0.15) is 91.0 Å². The molecule has 3 aliphatic rings. The number of carbonyl (C=O) groups is 3. The van der Waals surface area contributed by atoms with E-state index in [9.17, 15) is 19.5 Å². The molecule has 4 atom stereocenters. The van der Waals surface area contributed by atoms with Gasteiger partial charge in [0.15, 0.2) is 0 Å². The molecule has 2 N–H and O–H groups in total. The zero-order valence-electron chi connectivity index (χ0n) is 32.8. The maximum Gasteiger partial charge on any atom is 0.303 e. The van der Waals surface area contributed by atoms with Crippen molar-refractivity contribution in [2.45, 2.75) is 96.6 Å². The number of phenolic OH excluding ortho intramolecular Hbond substituents is 1. The van der Waals surface area contributed by atoms with Crippen LogP contribution in [0.2, 0.25) is 5.04 Å². The number of imide groups is 1. The number of hydrogen-bond donors (Lipinski definition) is 2. The summed E-state index contributed by atoms with van der Waals surface area (Å²) in [6.07, 6.45) is 7.83. The lowest BCUT2D eigenvalue weighted by Crippen LogP contribution is -2.66. The number of likely N-dealkylation sites (tertiary alicyclic amines) is 1. The van der Waals surface area contributed by atoms with Crippen molar-refractivity contribution in [1.82, 2.24) is 4.90 Å². The molecule has 292 valence electrons. The number of carboxylic acids is 1. The summed E-state index contributed by atoms with van der Waals surface area (Å²) in [5.41, 5.74) is 4.58. The van der Waals surface area contributed by atoms with E-state index in [0.717, 1.165) is 42.4 Å². The first kappa shape index (κ1) is 40.4. The number of ether oxygens (including phenoxy) is 1. The summed E-state index contributed by atoms with van der Waals surface area (Å²) < 4.78 is 14.2. The third-order valence-corrected chi connectivity index (χ3v) is 16.8. The molecular formula is C46H57NO7Si. The van der Waals surface area contributed by atoms with Crippen LogP contribution in [0.3, 0.4) is 0 Å². The van der Waals surface area contributed by atoms with Crippen LogP contribution in [-0.4, -0.2) is 67.1 Å². The van der Waals surface area contributed by atoms with Gasteiger partial charge >= 0.3 is 5.97 Å². The molecular weight excluding hydrogens is 707 g/mol. The van der Waals surface area contributed by atoms with Crippen LogP contribution in [0.25, 0.3) is 6.08 Å². The van der Waals surface area contributed by atoms with Gasteiger partial charge in [-0.1, -0.05) is 125 Å². The van der Waals surface area contributed by atoms with E-state index in [0.29, 0.717) is 45.4 Å². The van der Waals surface area contributed by atoms with Gasteiger partial charge in [-0.05, 0) is 82.8 Å². The van der Waals surface area contributed by atoms with Crippen molar-refractivity contribution in [3.05, 3.63) is 107 Å². The van der Waals surface area contributed by atoms with E-state index in [4.69, 9.17) is 14.3 Å².